The van der Waals surface area contributed by atoms with Crippen molar-refractivity contribution in [1.82, 2.24) is 14.8 Å². The highest BCUT2D eigenvalue weighted by molar-refractivity contribution is 8.00. The van der Waals surface area contributed by atoms with E-state index in [-0.39, 0.29) is 23.5 Å². The van der Waals surface area contributed by atoms with E-state index in [0.29, 0.717) is 16.5 Å². The molecule has 0 unspecified atom stereocenters. The lowest BCUT2D eigenvalue weighted by molar-refractivity contribution is -0.115. The van der Waals surface area contributed by atoms with E-state index in [1.54, 1.807) is 35.8 Å². The van der Waals surface area contributed by atoms with E-state index in [4.69, 9.17) is 0 Å². The van der Waals surface area contributed by atoms with E-state index >= 15 is 0 Å². The van der Waals surface area contributed by atoms with E-state index in [9.17, 15) is 14.4 Å². The lowest BCUT2D eigenvalue weighted by Crippen LogP contribution is -2.23. The summed E-state index contributed by atoms with van der Waals surface area (Å²) in [6, 6.07) is 7.07. The topological polar surface area (TPSA) is 109 Å². The summed E-state index contributed by atoms with van der Waals surface area (Å²) in [6.07, 6.45) is 1.93. The molecule has 1 aromatic heterocycles. The zero-order chi connectivity index (χ0) is 18.0. The summed E-state index contributed by atoms with van der Waals surface area (Å²) in [6.45, 7) is 3.20. The third-order valence-corrected chi connectivity index (χ3v) is 4.77. The van der Waals surface area contributed by atoms with Crippen LogP contribution in [0.15, 0.2) is 34.2 Å². The summed E-state index contributed by atoms with van der Waals surface area (Å²) in [5, 5.41) is 12.1. The molecule has 8 nitrogen and oxygen atoms in total. The van der Waals surface area contributed by atoms with Crippen molar-refractivity contribution in [3.05, 3.63) is 34.7 Å². The van der Waals surface area contributed by atoms with Crippen LogP contribution in [0.4, 0.5) is 11.4 Å². The highest BCUT2D eigenvalue weighted by Crippen LogP contribution is 2.36. The molecule has 0 radical (unpaired) electrons. The summed E-state index contributed by atoms with van der Waals surface area (Å²) in [7, 11) is 0. The molecular weight excluding hydrogens is 342 g/mol. The first kappa shape index (κ1) is 17.3. The number of aromatic amines is 1. The first-order valence-corrected chi connectivity index (χ1v) is 8.84. The molecule has 0 bridgehead atoms. The Kier molecular flexibility index (Phi) is 4.93. The average molecular weight is 361 g/mol. The second kappa shape index (κ2) is 7.14. The molecule has 1 aromatic carbocycles. The first-order valence-electron chi connectivity index (χ1n) is 7.96. The lowest BCUT2D eigenvalue weighted by Gasteiger charge is -2.12. The summed E-state index contributed by atoms with van der Waals surface area (Å²) < 4.78 is 1.62. The maximum atomic E-state index is 12.4. The largest absolute Gasteiger partial charge is 0.344 e. The van der Waals surface area contributed by atoms with E-state index in [0.717, 1.165) is 12.8 Å². The number of carbonyl (C=O) groups excluding carboxylic acids is 2. The van der Waals surface area contributed by atoms with Crippen LogP contribution in [-0.4, -0.2) is 31.8 Å². The summed E-state index contributed by atoms with van der Waals surface area (Å²) in [5.74, 6) is -0.336. The fraction of sp³-hybridized carbons (Fsp3) is 0.375. The van der Waals surface area contributed by atoms with Gasteiger partial charge in [0.1, 0.15) is 0 Å². The maximum Gasteiger partial charge on any atom is 0.344 e. The number of hydrogen-bond donors (Lipinski definition) is 3. The molecule has 9 heteroatoms. The molecule has 1 fully saturated rings. The molecule has 0 spiro atoms. The van der Waals surface area contributed by atoms with Crippen LogP contribution in [-0.2, 0) is 9.59 Å². The molecule has 132 valence electrons. The minimum Gasteiger partial charge on any atom is -0.326 e. The van der Waals surface area contributed by atoms with Gasteiger partial charge in [-0.1, -0.05) is 11.8 Å². The van der Waals surface area contributed by atoms with Gasteiger partial charge >= 0.3 is 5.69 Å². The number of rotatable bonds is 6. The van der Waals surface area contributed by atoms with Crippen LogP contribution < -0.4 is 16.3 Å². The van der Waals surface area contributed by atoms with Crippen LogP contribution in [0.3, 0.4) is 0 Å². The minimum absolute atomic E-state index is 0.150. The first-order chi connectivity index (χ1) is 11.9. The smallest absolute Gasteiger partial charge is 0.326 e. The van der Waals surface area contributed by atoms with E-state index in [1.807, 2.05) is 0 Å². The fourth-order valence-corrected chi connectivity index (χ4v) is 3.25. The van der Waals surface area contributed by atoms with Gasteiger partial charge < -0.3 is 10.6 Å². The molecule has 2 aromatic rings. The predicted molar refractivity (Wildman–Crippen MR) is 95.8 cm³/mol. The van der Waals surface area contributed by atoms with Crippen LogP contribution >= 0.6 is 11.8 Å². The van der Waals surface area contributed by atoms with E-state index in [2.05, 4.69) is 20.8 Å². The molecule has 0 saturated heterocycles. The van der Waals surface area contributed by atoms with Gasteiger partial charge in [0.15, 0.2) is 5.16 Å². The van der Waals surface area contributed by atoms with Crippen molar-refractivity contribution in [1.29, 1.82) is 0 Å². The Balaban J connectivity index is 1.61. The third kappa shape index (κ3) is 4.30. The maximum absolute atomic E-state index is 12.4. The predicted octanol–water partition coefficient (Wildman–Crippen LogP) is 1.98. The zero-order valence-corrected chi connectivity index (χ0v) is 14.7. The molecule has 1 saturated carbocycles. The van der Waals surface area contributed by atoms with Gasteiger partial charge in [-0.2, -0.15) is 0 Å². The molecule has 1 aliphatic rings. The number of hydrogen-bond acceptors (Lipinski definition) is 5. The number of aromatic nitrogens is 3. The van der Waals surface area contributed by atoms with Gasteiger partial charge in [0.05, 0.1) is 5.25 Å². The molecule has 1 aliphatic carbocycles. The second-order valence-electron chi connectivity index (χ2n) is 5.92. The second-order valence-corrected chi connectivity index (χ2v) is 7.23. The van der Waals surface area contributed by atoms with Gasteiger partial charge in [-0.25, -0.2) is 9.89 Å². The Morgan fingerprint density at radius 3 is 2.40 bits per heavy atom. The minimum atomic E-state index is -0.414. The van der Waals surface area contributed by atoms with Crippen molar-refractivity contribution in [2.45, 2.75) is 43.1 Å². The number of nitrogens with one attached hydrogen (secondary N) is 3. The highest BCUT2D eigenvalue weighted by atomic mass is 32.2. The summed E-state index contributed by atoms with van der Waals surface area (Å²) in [5.41, 5.74) is 1.07. The third-order valence-electron chi connectivity index (χ3n) is 3.71. The molecular formula is C16H19N5O3S. The Morgan fingerprint density at radius 1 is 1.24 bits per heavy atom. The van der Waals surface area contributed by atoms with Crippen molar-refractivity contribution in [3.8, 4) is 0 Å². The van der Waals surface area contributed by atoms with E-state index in [1.165, 1.54) is 18.7 Å². The SMILES string of the molecule is CC(=O)Nc1ccc(NC(=O)[C@@H](C)Sc2n[nH]c(=O)n2C2CC2)cc1. The zero-order valence-electron chi connectivity index (χ0n) is 13.9. The number of nitrogens with zero attached hydrogens (tertiary/aromatic N) is 2. The van der Waals surface area contributed by atoms with E-state index < -0.39 is 5.25 Å². The Hall–Kier alpha value is -2.55. The van der Waals surface area contributed by atoms with Gasteiger partial charge in [0.25, 0.3) is 0 Å². The van der Waals surface area contributed by atoms with Gasteiger partial charge in [0, 0.05) is 24.3 Å². The molecule has 0 aliphatic heterocycles. The number of carbonyl (C=O) groups is 2. The van der Waals surface area contributed by atoms with Crippen molar-refractivity contribution >= 4 is 35.0 Å². The van der Waals surface area contributed by atoms with Crippen molar-refractivity contribution in [3.63, 3.8) is 0 Å². The fourth-order valence-electron chi connectivity index (χ4n) is 2.32. The quantitative estimate of drug-likeness (QED) is 0.682. The number of benzene rings is 1. The van der Waals surface area contributed by atoms with Gasteiger partial charge in [-0.3, -0.25) is 14.2 Å². The average Bonchev–Trinajstić information content (AvgIpc) is 3.33. The number of amides is 2. The summed E-state index contributed by atoms with van der Waals surface area (Å²) in [4.78, 5) is 35.1. The van der Waals surface area contributed by atoms with Crippen LogP contribution in [0.5, 0.6) is 0 Å². The standard InChI is InChI=1S/C16H19N5O3S/c1-9(25-16-20-19-15(24)21(16)13-7-8-13)14(23)18-12-5-3-11(4-6-12)17-10(2)22/h3-6,9,13H,7-8H2,1-2H3,(H,17,22)(H,18,23)(H,19,24)/t9-/m1/s1. The molecule has 1 heterocycles. The highest BCUT2D eigenvalue weighted by Gasteiger charge is 2.30. The van der Waals surface area contributed by atoms with Gasteiger partial charge in [-0.15, -0.1) is 5.10 Å². The number of anilines is 2. The monoisotopic (exact) mass is 361 g/mol. The van der Waals surface area contributed by atoms with Crippen molar-refractivity contribution < 1.29 is 9.59 Å². The van der Waals surface area contributed by atoms with Crippen molar-refractivity contribution in [2.24, 2.45) is 0 Å². The Morgan fingerprint density at radius 2 is 1.84 bits per heavy atom. The van der Waals surface area contributed by atoms with Crippen molar-refractivity contribution in [2.75, 3.05) is 10.6 Å². The normalized spacial score (nSPS) is 14.8. The molecule has 3 rings (SSSR count). The summed E-state index contributed by atoms with van der Waals surface area (Å²) >= 11 is 1.25. The van der Waals surface area contributed by atoms with Crippen LogP contribution in [0.2, 0.25) is 0 Å². The molecule has 2 amide bonds. The van der Waals surface area contributed by atoms with Gasteiger partial charge in [0.2, 0.25) is 11.8 Å². The van der Waals surface area contributed by atoms with Gasteiger partial charge in [-0.05, 0) is 44.0 Å². The molecule has 3 N–H and O–H groups in total. The molecule has 25 heavy (non-hydrogen) atoms. The lowest BCUT2D eigenvalue weighted by atomic mass is 10.2. The Bertz CT molecular complexity index is 838. The van der Waals surface area contributed by atoms with Crippen LogP contribution in [0.1, 0.15) is 32.7 Å². The van der Waals surface area contributed by atoms with Crippen LogP contribution in [0.25, 0.3) is 0 Å². The number of thioether (sulfide) groups is 1. The Labute approximate surface area is 148 Å². The molecule has 1 atom stereocenters. The number of H-pyrrole nitrogens is 1. The van der Waals surface area contributed by atoms with Crippen LogP contribution in [0, 0.1) is 0 Å².